The number of benzene rings is 2. The molecule has 0 fully saturated rings. The van der Waals surface area contributed by atoms with Crippen molar-refractivity contribution in [2.45, 2.75) is 13.3 Å². The van der Waals surface area contributed by atoms with Crippen LogP contribution in [0.3, 0.4) is 0 Å². The van der Waals surface area contributed by atoms with E-state index in [9.17, 15) is 4.39 Å². The van der Waals surface area contributed by atoms with Crippen LogP contribution in [0, 0.1) is 12.7 Å². The molecule has 0 saturated heterocycles. The Balaban J connectivity index is 1.82. The summed E-state index contributed by atoms with van der Waals surface area (Å²) in [5.74, 6) is -0.212. The van der Waals surface area contributed by atoms with E-state index in [1.54, 1.807) is 25.4 Å². The number of pyridine rings is 1. The first kappa shape index (κ1) is 21.8. The molecule has 0 atom stereocenters. The zero-order valence-corrected chi connectivity index (χ0v) is 18.7. The monoisotopic (exact) mass is 426 g/mol. The van der Waals surface area contributed by atoms with Gasteiger partial charge in [-0.3, -0.25) is 15.0 Å². The molecule has 0 radical (unpaired) electrons. The molecular formula is C27H27FN4. The van der Waals surface area contributed by atoms with Crippen molar-refractivity contribution < 1.29 is 4.39 Å². The molecule has 162 valence electrons. The van der Waals surface area contributed by atoms with Crippen molar-refractivity contribution >= 4 is 10.9 Å². The molecule has 4 rings (SSSR count). The Kier molecular flexibility index (Phi) is 6.66. The highest BCUT2D eigenvalue weighted by Gasteiger charge is 2.11. The first-order chi connectivity index (χ1) is 15.5. The Bertz CT molecular complexity index is 1310. The van der Waals surface area contributed by atoms with Crippen molar-refractivity contribution in [3.05, 3.63) is 89.8 Å². The summed E-state index contributed by atoms with van der Waals surface area (Å²) in [6.45, 7) is 3.53. The molecule has 4 nitrogen and oxygen atoms in total. The van der Waals surface area contributed by atoms with E-state index in [4.69, 9.17) is 4.99 Å². The topological polar surface area (TPSA) is 41.4 Å². The van der Waals surface area contributed by atoms with Gasteiger partial charge in [0.2, 0.25) is 0 Å². The molecule has 32 heavy (non-hydrogen) atoms. The van der Waals surface area contributed by atoms with Gasteiger partial charge >= 0.3 is 0 Å². The quantitative estimate of drug-likeness (QED) is 0.395. The average molecular weight is 427 g/mol. The molecule has 0 aliphatic heterocycles. The summed E-state index contributed by atoms with van der Waals surface area (Å²) in [5, 5.41) is 1.93. The zero-order chi connectivity index (χ0) is 22.5. The molecule has 0 unspecified atom stereocenters. The van der Waals surface area contributed by atoms with Gasteiger partial charge in [-0.05, 0) is 93.6 Å². The van der Waals surface area contributed by atoms with Crippen molar-refractivity contribution in [2.75, 3.05) is 27.2 Å². The van der Waals surface area contributed by atoms with Crippen LogP contribution in [0.15, 0.2) is 78.0 Å². The fraction of sp³-hybridized carbons (Fsp3) is 0.222. The van der Waals surface area contributed by atoms with Gasteiger partial charge in [-0.15, -0.1) is 0 Å². The average Bonchev–Trinajstić information content (AvgIpc) is 3.00. The Hall–Kier alpha value is -3.44. The highest BCUT2D eigenvalue weighted by Crippen LogP contribution is 2.32. The Morgan fingerprint density at radius 3 is 2.50 bits per heavy atom. The highest BCUT2D eigenvalue weighted by atomic mass is 19.1. The van der Waals surface area contributed by atoms with E-state index in [2.05, 4.69) is 41.1 Å². The molecule has 0 amide bonds. The van der Waals surface area contributed by atoms with Crippen LogP contribution in [0.25, 0.3) is 33.3 Å². The Labute approximate surface area is 188 Å². The SMILES string of the molecule is Cc1cc(-c2ncccc2-c2ccc3ncccc(=NCCCN(C)C)c3c2)ccc1F. The Morgan fingerprint density at radius 1 is 0.906 bits per heavy atom. The lowest BCUT2D eigenvalue weighted by Gasteiger charge is -2.10. The molecule has 2 aromatic carbocycles. The third-order valence-corrected chi connectivity index (χ3v) is 5.42. The molecule has 0 bridgehead atoms. The number of aryl methyl sites for hydroxylation is 1. The third kappa shape index (κ3) is 4.89. The molecule has 5 heteroatoms. The Morgan fingerprint density at radius 2 is 1.69 bits per heavy atom. The number of hydrogen-bond acceptors (Lipinski definition) is 4. The van der Waals surface area contributed by atoms with Crippen molar-refractivity contribution in [2.24, 2.45) is 4.99 Å². The number of nitrogens with zero attached hydrogens (tertiary/aromatic N) is 4. The van der Waals surface area contributed by atoms with Crippen LogP contribution in [0.5, 0.6) is 0 Å². The summed E-state index contributed by atoms with van der Waals surface area (Å²) < 4.78 is 13.8. The molecule has 0 saturated carbocycles. The smallest absolute Gasteiger partial charge is 0.126 e. The molecule has 2 aromatic heterocycles. The maximum Gasteiger partial charge on any atom is 0.126 e. The molecule has 4 aromatic rings. The summed E-state index contributed by atoms with van der Waals surface area (Å²) in [4.78, 5) is 16.2. The van der Waals surface area contributed by atoms with E-state index in [1.807, 2.05) is 36.4 Å². The minimum atomic E-state index is -0.212. The van der Waals surface area contributed by atoms with Gasteiger partial charge in [-0.2, -0.15) is 0 Å². The maximum absolute atomic E-state index is 13.8. The van der Waals surface area contributed by atoms with E-state index in [-0.39, 0.29) is 5.82 Å². The van der Waals surface area contributed by atoms with Gasteiger partial charge in [-0.25, -0.2) is 4.39 Å². The molecule has 0 spiro atoms. The molecule has 0 aliphatic carbocycles. The molecule has 0 aliphatic rings. The van der Waals surface area contributed by atoms with E-state index in [0.29, 0.717) is 5.56 Å². The molecule has 2 heterocycles. The van der Waals surface area contributed by atoms with E-state index in [1.165, 1.54) is 6.07 Å². The van der Waals surface area contributed by atoms with E-state index in [0.717, 1.165) is 58.2 Å². The summed E-state index contributed by atoms with van der Waals surface area (Å²) in [7, 11) is 4.14. The summed E-state index contributed by atoms with van der Waals surface area (Å²) in [6.07, 6.45) is 4.57. The van der Waals surface area contributed by atoms with Gasteiger partial charge in [0.25, 0.3) is 0 Å². The molecule has 0 N–H and O–H groups in total. The van der Waals surface area contributed by atoms with Crippen molar-refractivity contribution in [3.63, 3.8) is 0 Å². The predicted molar refractivity (Wildman–Crippen MR) is 129 cm³/mol. The lowest BCUT2D eigenvalue weighted by molar-refractivity contribution is 0.403. The summed E-state index contributed by atoms with van der Waals surface area (Å²) in [6, 6.07) is 19.3. The van der Waals surface area contributed by atoms with Crippen LogP contribution in [-0.4, -0.2) is 42.1 Å². The number of fused-ring (bicyclic) bond motifs is 1. The summed E-state index contributed by atoms with van der Waals surface area (Å²) >= 11 is 0. The second-order valence-electron chi connectivity index (χ2n) is 8.16. The standard InChI is InChI=1S/C27H27FN4/c1-19-17-21(9-11-24(19)28)27-22(7-4-14-31-27)20-10-12-26-23(18-20)25(8-5-13-29-26)30-15-6-16-32(2)3/h4-5,7-14,17-18H,6,15-16H2,1-3H3. The molecular weight excluding hydrogens is 399 g/mol. The maximum atomic E-state index is 13.8. The van der Waals surface area contributed by atoms with Crippen LogP contribution in [0.4, 0.5) is 4.39 Å². The van der Waals surface area contributed by atoms with E-state index < -0.39 is 0 Å². The highest BCUT2D eigenvalue weighted by molar-refractivity contribution is 5.88. The van der Waals surface area contributed by atoms with Gasteiger partial charge in [0.15, 0.2) is 0 Å². The van der Waals surface area contributed by atoms with Crippen molar-refractivity contribution in [1.29, 1.82) is 0 Å². The first-order valence-electron chi connectivity index (χ1n) is 10.8. The minimum Gasteiger partial charge on any atom is -0.309 e. The predicted octanol–water partition coefficient (Wildman–Crippen LogP) is 5.26. The minimum absolute atomic E-state index is 0.212. The van der Waals surface area contributed by atoms with Crippen molar-refractivity contribution in [3.8, 4) is 22.4 Å². The van der Waals surface area contributed by atoms with E-state index >= 15 is 0 Å². The first-order valence-corrected chi connectivity index (χ1v) is 10.8. The van der Waals surface area contributed by atoms with Crippen LogP contribution < -0.4 is 5.36 Å². The van der Waals surface area contributed by atoms with Crippen molar-refractivity contribution in [1.82, 2.24) is 14.9 Å². The normalized spacial score (nSPS) is 12.0. The second-order valence-corrected chi connectivity index (χ2v) is 8.16. The number of rotatable bonds is 6. The van der Waals surface area contributed by atoms with Crippen LogP contribution in [-0.2, 0) is 0 Å². The third-order valence-electron chi connectivity index (χ3n) is 5.42. The fourth-order valence-corrected chi connectivity index (χ4v) is 3.75. The van der Waals surface area contributed by atoms with Gasteiger partial charge in [0.1, 0.15) is 5.82 Å². The number of aromatic nitrogens is 2. The largest absolute Gasteiger partial charge is 0.309 e. The lowest BCUT2D eigenvalue weighted by atomic mass is 9.97. The number of halogens is 1. The fourth-order valence-electron chi connectivity index (χ4n) is 3.75. The zero-order valence-electron chi connectivity index (χ0n) is 18.7. The van der Waals surface area contributed by atoms with Crippen LogP contribution in [0.2, 0.25) is 0 Å². The summed E-state index contributed by atoms with van der Waals surface area (Å²) in [5.41, 5.74) is 5.24. The second kappa shape index (κ2) is 9.79. The van der Waals surface area contributed by atoms with Gasteiger partial charge < -0.3 is 4.90 Å². The van der Waals surface area contributed by atoms with Gasteiger partial charge in [-0.1, -0.05) is 12.1 Å². The van der Waals surface area contributed by atoms with Crippen LogP contribution >= 0.6 is 0 Å². The van der Waals surface area contributed by atoms with Gasteiger partial charge in [0.05, 0.1) is 16.6 Å². The van der Waals surface area contributed by atoms with Gasteiger partial charge in [0, 0.05) is 35.5 Å². The lowest BCUT2D eigenvalue weighted by Crippen LogP contribution is -2.14. The van der Waals surface area contributed by atoms with Crippen LogP contribution in [0.1, 0.15) is 12.0 Å². The number of hydrogen-bond donors (Lipinski definition) is 0.